The van der Waals surface area contributed by atoms with Gasteiger partial charge in [0.15, 0.2) is 0 Å². The van der Waals surface area contributed by atoms with Crippen LogP contribution < -0.4 is 11.1 Å². The molecule has 0 radical (unpaired) electrons. The molecule has 1 amide bonds. The van der Waals surface area contributed by atoms with E-state index in [9.17, 15) is 4.79 Å². The van der Waals surface area contributed by atoms with Crippen LogP contribution in [0.5, 0.6) is 0 Å². The van der Waals surface area contributed by atoms with Gasteiger partial charge in [0, 0.05) is 28.3 Å². The SMILES string of the molecule is Cc1noc(C)c1CSc1ccccc1C(=O)NCC(C)(C)N.Cl. The summed E-state index contributed by atoms with van der Waals surface area (Å²) in [5.41, 5.74) is 8.11. The highest BCUT2D eigenvalue weighted by molar-refractivity contribution is 7.98. The molecule has 0 aliphatic heterocycles. The zero-order valence-electron chi connectivity index (χ0n) is 14.4. The summed E-state index contributed by atoms with van der Waals surface area (Å²) < 4.78 is 5.18. The zero-order chi connectivity index (χ0) is 17.0. The monoisotopic (exact) mass is 369 g/mol. The van der Waals surface area contributed by atoms with Gasteiger partial charge in [-0.3, -0.25) is 4.79 Å². The second-order valence-corrected chi connectivity index (χ2v) is 7.28. The van der Waals surface area contributed by atoms with Crippen LogP contribution in [0, 0.1) is 13.8 Å². The van der Waals surface area contributed by atoms with Crippen molar-refractivity contribution in [3.05, 3.63) is 46.8 Å². The summed E-state index contributed by atoms with van der Waals surface area (Å²) >= 11 is 1.60. The number of aromatic nitrogens is 1. The number of thioether (sulfide) groups is 1. The number of nitrogens with zero attached hydrogens (tertiary/aromatic N) is 1. The van der Waals surface area contributed by atoms with Crippen molar-refractivity contribution >= 4 is 30.1 Å². The Balaban J connectivity index is 0.00000288. The van der Waals surface area contributed by atoms with Gasteiger partial charge in [0.25, 0.3) is 5.91 Å². The third-order valence-corrected chi connectivity index (χ3v) is 4.49. The fourth-order valence-electron chi connectivity index (χ4n) is 2.04. The molecule has 0 unspecified atom stereocenters. The molecule has 0 aliphatic carbocycles. The topological polar surface area (TPSA) is 81.2 Å². The van der Waals surface area contributed by atoms with E-state index < -0.39 is 5.54 Å². The summed E-state index contributed by atoms with van der Waals surface area (Å²) in [6.07, 6.45) is 0. The van der Waals surface area contributed by atoms with Gasteiger partial charge in [-0.15, -0.1) is 24.2 Å². The summed E-state index contributed by atoms with van der Waals surface area (Å²) in [6, 6.07) is 7.57. The van der Waals surface area contributed by atoms with Gasteiger partial charge in [-0.2, -0.15) is 0 Å². The molecule has 0 bridgehead atoms. The van der Waals surface area contributed by atoms with E-state index >= 15 is 0 Å². The van der Waals surface area contributed by atoms with E-state index in [1.165, 1.54) is 0 Å². The van der Waals surface area contributed by atoms with E-state index in [4.69, 9.17) is 10.3 Å². The number of halogens is 1. The molecule has 132 valence electrons. The maximum absolute atomic E-state index is 12.4. The number of rotatable bonds is 6. The number of hydrogen-bond acceptors (Lipinski definition) is 5. The molecule has 1 aromatic heterocycles. The summed E-state index contributed by atoms with van der Waals surface area (Å²) in [5.74, 6) is 1.43. The first-order valence-corrected chi connectivity index (χ1v) is 8.47. The molecule has 0 spiro atoms. The first-order chi connectivity index (χ1) is 10.8. The van der Waals surface area contributed by atoms with Crippen LogP contribution in [-0.4, -0.2) is 23.1 Å². The predicted molar refractivity (Wildman–Crippen MR) is 99.8 cm³/mol. The van der Waals surface area contributed by atoms with Gasteiger partial charge in [0.2, 0.25) is 0 Å². The third kappa shape index (κ3) is 5.54. The van der Waals surface area contributed by atoms with Crippen LogP contribution >= 0.6 is 24.2 Å². The number of hydrogen-bond donors (Lipinski definition) is 2. The minimum absolute atomic E-state index is 0. The molecular weight excluding hydrogens is 346 g/mol. The fraction of sp³-hybridized carbons (Fsp3) is 0.412. The molecule has 2 aromatic rings. The Labute approximate surface area is 153 Å². The molecule has 0 saturated carbocycles. The maximum Gasteiger partial charge on any atom is 0.252 e. The average molecular weight is 370 g/mol. The van der Waals surface area contributed by atoms with Gasteiger partial charge in [0.05, 0.1) is 11.3 Å². The van der Waals surface area contributed by atoms with Gasteiger partial charge < -0.3 is 15.6 Å². The lowest BCUT2D eigenvalue weighted by molar-refractivity contribution is 0.0943. The number of benzene rings is 1. The Morgan fingerprint density at radius 3 is 2.58 bits per heavy atom. The van der Waals surface area contributed by atoms with Gasteiger partial charge in [-0.05, 0) is 39.8 Å². The van der Waals surface area contributed by atoms with E-state index in [-0.39, 0.29) is 18.3 Å². The lowest BCUT2D eigenvalue weighted by Gasteiger charge is -2.19. The highest BCUT2D eigenvalue weighted by Crippen LogP contribution is 2.28. The number of aryl methyl sites for hydroxylation is 2. The molecular formula is C17H24ClN3O2S. The molecule has 0 atom stereocenters. The van der Waals surface area contributed by atoms with E-state index in [2.05, 4.69) is 10.5 Å². The minimum Gasteiger partial charge on any atom is -0.361 e. The minimum atomic E-state index is -0.436. The molecule has 0 aliphatic rings. The Kier molecular flexibility index (Phi) is 7.32. The molecule has 2 rings (SSSR count). The van der Waals surface area contributed by atoms with Crippen LogP contribution in [0.2, 0.25) is 0 Å². The first-order valence-electron chi connectivity index (χ1n) is 7.48. The van der Waals surface area contributed by atoms with E-state index in [0.717, 1.165) is 21.9 Å². The van der Waals surface area contributed by atoms with Crippen molar-refractivity contribution in [2.45, 2.75) is 43.9 Å². The van der Waals surface area contributed by atoms with Crippen molar-refractivity contribution in [1.29, 1.82) is 0 Å². The predicted octanol–water partition coefficient (Wildman–Crippen LogP) is 3.47. The van der Waals surface area contributed by atoms with Crippen molar-refractivity contribution < 1.29 is 9.32 Å². The molecule has 3 N–H and O–H groups in total. The summed E-state index contributed by atoms with van der Waals surface area (Å²) in [6.45, 7) is 8.01. The Bertz CT molecular complexity index is 676. The van der Waals surface area contributed by atoms with Crippen molar-refractivity contribution in [1.82, 2.24) is 10.5 Å². The highest BCUT2D eigenvalue weighted by Gasteiger charge is 2.17. The number of nitrogens with two attached hydrogens (primary N) is 1. The van der Waals surface area contributed by atoms with Crippen molar-refractivity contribution in [2.75, 3.05) is 6.54 Å². The number of nitrogens with one attached hydrogen (secondary N) is 1. The number of carbonyl (C=O) groups excluding carboxylic acids is 1. The summed E-state index contributed by atoms with van der Waals surface area (Å²) in [4.78, 5) is 13.3. The molecule has 24 heavy (non-hydrogen) atoms. The number of carbonyl (C=O) groups is 1. The second kappa shape index (κ2) is 8.55. The largest absolute Gasteiger partial charge is 0.361 e. The first kappa shape index (κ1) is 20.5. The van der Waals surface area contributed by atoms with Gasteiger partial charge in [0.1, 0.15) is 5.76 Å². The highest BCUT2D eigenvalue weighted by atomic mass is 35.5. The van der Waals surface area contributed by atoms with Crippen LogP contribution in [0.25, 0.3) is 0 Å². The van der Waals surface area contributed by atoms with Crippen LogP contribution in [0.4, 0.5) is 0 Å². The Hall–Kier alpha value is -1.50. The van der Waals surface area contributed by atoms with Crippen molar-refractivity contribution in [2.24, 2.45) is 5.73 Å². The van der Waals surface area contributed by atoms with Crippen molar-refractivity contribution in [3.63, 3.8) is 0 Å². The van der Waals surface area contributed by atoms with Gasteiger partial charge in [-0.1, -0.05) is 17.3 Å². The maximum atomic E-state index is 12.4. The number of amides is 1. The van der Waals surface area contributed by atoms with Crippen LogP contribution in [0.1, 0.15) is 41.2 Å². The second-order valence-electron chi connectivity index (χ2n) is 6.26. The standard InChI is InChI=1S/C17H23N3O2S.ClH/c1-11-14(12(2)22-20-11)9-23-15-8-6-5-7-13(15)16(21)19-10-17(3,4)18;/h5-8H,9-10,18H2,1-4H3,(H,19,21);1H. The van der Waals surface area contributed by atoms with Gasteiger partial charge >= 0.3 is 0 Å². The molecule has 1 heterocycles. The zero-order valence-corrected chi connectivity index (χ0v) is 16.0. The third-order valence-electron chi connectivity index (χ3n) is 3.39. The molecule has 1 aromatic carbocycles. The van der Waals surface area contributed by atoms with Gasteiger partial charge in [-0.25, -0.2) is 0 Å². The molecule has 7 heteroatoms. The summed E-state index contributed by atoms with van der Waals surface area (Å²) in [5, 5.41) is 6.85. The summed E-state index contributed by atoms with van der Waals surface area (Å²) in [7, 11) is 0. The van der Waals surface area contributed by atoms with Crippen LogP contribution in [-0.2, 0) is 5.75 Å². The Morgan fingerprint density at radius 2 is 2.00 bits per heavy atom. The lowest BCUT2D eigenvalue weighted by Crippen LogP contribution is -2.45. The Morgan fingerprint density at radius 1 is 1.33 bits per heavy atom. The molecule has 0 fully saturated rings. The van der Waals surface area contributed by atoms with E-state index in [1.54, 1.807) is 11.8 Å². The average Bonchev–Trinajstić information content (AvgIpc) is 2.81. The van der Waals surface area contributed by atoms with Crippen LogP contribution in [0.3, 0.4) is 0 Å². The lowest BCUT2D eigenvalue weighted by atomic mass is 10.1. The van der Waals surface area contributed by atoms with E-state index in [1.807, 2.05) is 52.0 Å². The fourth-order valence-corrected chi connectivity index (χ4v) is 3.24. The smallest absolute Gasteiger partial charge is 0.252 e. The quantitative estimate of drug-likeness (QED) is 0.762. The normalized spacial score (nSPS) is 11.0. The van der Waals surface area contributed by atoms with Crippen LogP contribution in [0.15, 0.2) is 33.7 Å². The molecule has 0 saturated heterocycles. The van der Waals surface area contributed by atoms with E-state index in [0.29, 0.717) is 17.9 Å². The molecule has 5 nitrogen and oxygen atoms in total. The van der Waals surface area contributed by atoms with Crippen molar-refractivity contribution in [3.8, 4) is 0 Å².